The van der Waals surface area contributed by atoms with Gasteiger partial charge in [-0.2, -0.15) is 0 Å². The number of carbonyl (C=O) groups excluding carboxylic acids is 2. The lowest BCUT2D eigenvalue weighted by Crippen LogP contribution is -2.30. The Kier molecular flexibility index (Phi) is 2.75. The zero-order valence-corrected chi connectivity index (χ0v) is 8.87. The van der Waals surface area contributed by atoms with Crippen molar-refractivity contribution in [1.82, 2.24) is 0 Å². The minimum absolute atomic E-state index is 0.0852. The maximum absolute atomic E-state index is 13.1. The van der Waals surface area contributed by atoms with Crippen molar-refractivity contribution in [2.75, 3.05) is 11.4 Å². The van der Waals surface area contributed by atoms with Crippen LogP contribution in [0.25, 0.3) is 0 Å². The van der Waals surface area contributed by atoms with E-state index in [2.05, 4.69) is 6.58 Å². The van der Waals surface area contributed by atoms with E-state index in [4.69, 9.17) is 0 Å². The molecule has 5 heteroatoms. The van der Waals surface area contributed by atoms with Crippen LogP contribution >= 0.6 is 0 Å². The standard InChI is InChI=1S/C12H9F2NO2/c1-2-3-4-15-10-6-9(14)8(13)5-7(10)11(16)12(15)17/h2,5-6H,1,3-4H2. The average Bonchev–Trinajstić information content (AvgIpc) is 2.52. The summed E-state index contributed by atoms with van der Waals surface area (Å²) in [7, 11) is 0. The Balaban J connectivity index is 2.48. The fourth-order valence-corrected chi connectivity index (χ4v) is 1.73. The predicted octanol–water partition coefficient (Wildman–Crippen LogP) is 2.07. The Morgan fingerprint density at radius 1 is 1.24 bits per heavy atom. The van der Waals surface area contributed by atoms with Crippen molar-refractivity contribution < 1.29 is 18.4 Å². The summed E-state index contributed by atoms with van der Waals surface area (Å²) in [4.78, 5) is 24.3. The molecule has 0 aliphatic carbocycles. The molecule has 1 aliphatic rings. The number of halogens is 2. The monoisotopic (exact) mass is 237 g/mol. The summed E-state index contributed by atoms with van der Waals surface area (Å²) in [6.45, 7) is 3.72. The smallest absolute Gasteiger partial charge is 0.299 e. The summed E-state index contributed by atoms with van der Waals surface area (Å²) in [6, 6.07) is 1.63. The van der Waals surface area contributed by atoms with E-state index in [0.717, 1.165) is 17.0 Å². The minimum Gasteiger partial charge on any atom is -0.304 e. The lowest BCUT2D eigenvalue weighted by atomic mass is 10.1. The Hall–Kier alpha value is -2.04. The number of anilines is 1. The summed E-state index contributed by atoms with van der Waals surface area (Å²) in [5.74, 6) is -3.76. The number of amides is 1. The molecule has 17 heavy (non-hydrogen) atoms. The van der Waals surface area contributed by atoms with Crippen LogP contribution in [0.5, 0.6) is 0 Å². The quantitative estimate of drug-likeness (QED) is 0.596. The molecule has 0 fully saturated rings. The molecule has 3 nitrogen and oxygen atoms in total. The van der Waals surface area contributed by atoms with Crippen LogP contribution in [-0.4, -0.2) is 18.2 Å². The first-order valence-corrected chi connectivity index (χ1v) is 5.02. The van der Waals surface area contributed by atoms with Gasteiger partial charge in [-0.3, -0.25) is 9.59 Å². The molecule has 0 radical (unpaired) electrons. The molecule has 0 spiro atoms. The molecule has 0 unspecified atom stereocenters. The third kappa shape index (κ3) is 1.73. The average molecular weight is 237 g/mol. The van der Waals surface area contributed by atoms with Crippen molar-refractivity contribution in [3.63, 3.8) is 0 Å². The van der Waals surface area contributed by atoms with Crippen molar-refractivity contribution >= 4 is 17.4 Å². The molecule has 1 aliphatic heterocycles. The van der Waals surface area contributed by atoms with Gasteiger partial charge < -0.3 is 4.90 Å². The van der Waals surface area contributed by atoms with Gasteiger partial charge in [0, 0.05) is 12.6 Å². The van der Waals surface area contributed by atoms with Gasteiger partial charge in [0.1, 0.15) is 0 Å². The third-order valence-electron chi connectivity index (χ3n) is 2.57. The van der Waals surface area contributed by atoms with Crippen molar-refractivity contribution in [2.24, 2.45) is 0 Å². The summed E-state index contributed by atoms with van der Waals surface area (Å²) in [6.07, 6.45) is 2.05. The van der Waals surface area contributed by atoms with Crippen LogP contribution in [-0.2, 0) is 4.79 Å². The molecule has 88 valence electrons. The fourth-order valence-electron chi connectivity index (χ4n) is 1.73. The maximum atomic E-state index is 13.1. The van der Waals surface area contributed by atoms with E-state index in [0.29, 0.717) is 6.42 Å². The van der Waals surface area contributed by atoms with Crippen LogP contribution < -0.4 is 4.90 Å². The van der Waals surface area contributed by atoms with Gasteiger partial charge in [-0.1, -0.05) is 6.08 Å². The first-order valence-electron chi connectivity index (χ1n) is 5.02. The molecule has 0 N–H and O–H groups in total. The summed E-state index contributed by atoms with van der Waals surface area (Å²) < 4.78 is 26.1. The largest absolute Gasteiger partial charge is 0.304 e. The number of fused-ring (bicyclic) bond motifs is 1. The highest BCUT2D eigenvalue weighted by Crippen LogP contribution is 2.30. The van der Waals surface area contributed by atoms with E-state index < -0.39 is 23.3 Å². The highest BCUT2D eigenvalue weighted by Gasteiger charge is 2.36. The van der Waals surface area contributed by atoms with Gasteiger partial charge >= 0.3 is 0 Å². The molecule has 1 aromatic rings. The fraction of sp³-hybridized carbons (Fsp3) is 0.167. The van der Waals surface area contributed by atoms with Crippen LogP contribution in [0, 0.1) is 11.6 Å². The van der Waals surface area contributed by atoms with Gasteiger partial charge in [-0.25, -0.2) is 8.78 Å². The van der Waals surface area contributed by atoms with Gasteiger partial charge in [0.15, 0.2) is 11.6 Å². The topological polar surface area (TPSA) is 37.4 Å². The van der Waals surface area contributed by atoms with Crippen LogP contribution in [0.15, 0.2) is 24.8 Å². The molecule has 0 saturated carbocycles. The summed E-state index contributed by atoms with van der Waals surface area (Å²) in [5.41, 5.74) is 0.0405. The Bertz CT molecular complexity index is 525. The molecule has 1 heterocycles. The molecule has 0 saturated heterocycles. The molecular formula is C12H9F2NO2. The number of ketones is 1. The lowest BCUT2D eigenvalue weighted by molar-refractivity contribution is -0.114. The van der Waals surface area contributed by atoms with Gasteiger partial charge in [-0.15, -0.1) is 6.58 Å². The van der Waals surface area contributed by atoms with Crippen LogP contribution in [0.4, 0.5) is 14.5 Å². The third-order valence-corrected chi connectivity index (χ3v) is 2.57. The minimum atomic E-state index is -1.13. The normalized spacial score (nSPS) is 14.1. The van der Waals surface area contributed by atoms with E-state index in [-0.39, 0.29) is 17.8 Å². The second kappa shape index (κ2) is 4.08. The van der Waals surface area contributed by atoms with Gasteiger partial charge in [-0.05, 0) is 12.5 Å². The number of hydrogen-bond donors (Lipinski definition) is 0. The number of nitrogens with zero attached hydrogens (tertiary/aromatic N) is 1. The van der Waals surface area contributed by atoms with Crippen molar-refractivity contribution in [3.8, 4) is 0 Å². The van der Waals surface area contributed by atoms with Gasteiger partial charge in [0.25, 0.3) is 11.7 Å². The van der Waals surface area contributed by atoms with Crippen LogP contribution in [0.1, 0.15) is 16.8 Å². The molecule has 2 rings (SSSR count). The molecular weight excluding hydrogens is 228 g/mol. The second-order valence-corrected chi connectivity index (χ2v) is 3.65. The molecule has 0 aromatic heterocycles. The Morgan fingerprint density at radius 3 is 2.53 bits per heavy atom. The molecule has 1 amide bonds. The van der Waals surface area contributed by atoms with Gasteiger partial charge in [0.2, 0.25) is 0 Å². The van der Waals surface area contributed by atoms with Gasteiger partial charge in [0.05, 0.1) is 11.3 Å². The van der Waals surface area contributed by atoms with Crippen molar-refractivity contribution in [1.29, 1.82) is 0 Å². The molecule has 1 aromatic carbocycles. The number of rotatable bonds is 3. The summed E-state index contributed by atoms with van der Waals surface area (Å²) in [5, 5.41) is 0. The predicted molar refractivity (Wildman–Crippen MR) is 57.9 cm³/mol. The number of hydrogen-bond acceptors (Lipinski definition) is 2. The Morgan fingerprint density at radius 2 is 1.88 bits per heavy atom. The van der Waals surface area contributed by atoms with Crippen molar-refractivity contribution in [3.05, 3.63) is 42.0 Å². The van der Waals surface area contributed by atoms with E-state index in [1.165, 1.54) is 0 Å². The van der Waals surface area contributed by atoms with Crippen LogP contribution in [0.2, 0.25) is 0 Å². The zero-order valence-electron chi connectivity index (χ0n) is 8.87. The second-order valence-electron chi connectivity index (χ2n) is 3.65. The van der Waals surface area contributed by atoms with E-state index >= 15 is 0 Å². The van der Waals surface area contributed by atoms with Crippen molar-refractivity contribution in [2.45, 2.75) is 6.42 Å². The van der Waals surface area contributed by atoms with E-state index in [9.17, 15) is 18.4 Å². The zero-order chi connectivity index (χ0) is 12.6. The molecule has 0 atom stereocenters. The first kappa shape index (κ1) is 11.4. The Labute approximate surface area is 96.3 Å². The number of carbonyl (C=O) groups is 2. The maximum Gasteiger partial charge on any atom is 0.299 e. The first-order chi connectivity index (χ1) is 8.06. The van der Waals surface area contributed by atoms with Crippen LogP contribution in [0.3, 0.4) is 0 Å². The van der Waals surface area contributed by atoms with E-state index in [1.807, 2.05) is 0 Å². The lowest BCUT2D eigenvalue weighted by Gasteiger charge is -2.15. The summed E-state index contributed by atoms with van der Waals surface area (Å²) >= 11 is 0. The number of Topliss-reactive ketones (excluding diaryl/α,β-unsaturated/α-hetero) is 1. The molecule has 0 bridgehead atoms. The highest BCUT2D eigenvalue weighted by molar-refractivity contribution is 6.52. The SMILES string of the molecule is C=CCCN1C(=O)C(=O)c2cc(F)c(F)cc21. The number of benzene rings is 1. The highest BCUT2D eigenvalue weighted by atomic mass is 19.2. The van der Waals surface area contributed by atoms with E-state index in [1.54, 1.807) is 6.08 Å².